The summed E-state index contributed by atoms with van der Waals surface area (Å²) in [5, 5.41) is 5.29. The van der Waals surface area contributed by atoms with Gasteiger partial charge >= 0.3 is 0 Å². The predicted molar refractivity (Wildman–Crippen MR) is 133 cm³/mol. The number of H-pyrrole nitrogens is 1. The molecule has 35 heavy (non-hydrogen) atoms. The number of ketones is 1. The van der Waals surface area contributed by atoms with Crippen LogP contribution in [0, 0.1) is 33.5 Å². The number of carbonyl (C=O) groups excluding carboxylic acids is 1. The maximum absolute atomic E-state index is 14.1. The third kappa shape index (κ3) is 3.93. The summed E-state index contributed by atoms with van der Waals surface area (Å²) in [5.74, 6) is -0.145. The normalized spacial score (nSPS) is 11.2. The molecule has 0 amide bonds. The number of nitrogens with two attached hydrogens (primary N) is 1. The van der Waals surface area contributed by atoms with Gasteiger partial charge in [0.15, 0.2) is 11.6 Å². The van der Waals surface area contributed by atoms with E-state index in [9.17, 15) is 9.18 Å². The standard InChI is InChI=1S/C27H24FN5O2/c1-14-6-5-7-20(28)26(14)35-24-10-17(4)23(13-30-24)33-27(29)19(12-31-33)25(34)22-11-18-8-15(2)16(3)9-21(18)32-22/h5-13,32H,29H2,1-4H3. The Kier molecular flexibility index (Phi) is 5.36. The molecular formula is C27H24FN5O2. The Balaban J connectivity index is 1.45. The summed E-state index contributed by atoms with van der Waals surface area (Å²) in [6.45, 7) is 7.67. The van der Waals surface area contributed by atoms with Gasteiger partial charge < -0.3 is 15.5 Å². The first-order valence-corrected chi connectivity index (χ1v) is 11.1. The van der Waals surface area contributed by atoms with Crippen molar-refractivity contribution < 1.29 is 13.9 Å². The summed E-state index contributed by atoms with van der Waals surface area (Å²) in [6, 6.07) is 12.3. The molecule has 3 aromatic heterocycles. The summed E-state index contributed by atoms with van der Waals surface area (Å²) in [7, 11) is 0. The smallest absolute Gasteiger partial charge is 0.219 e. The first-order chi connectivity index (χ1) is 16.7. The molecule has 0 atom stereocenters. The molecule has 2 aromatic carbocycles. The van der Waals surface area contributed by atoms with Gasteiger partial charge in [0.1, 0.15) is 5.82 Å². The van der Waals surface area contributed by atoms with Gasteiger partial charge in [-0.25, -0.2) is 14.1 Å². The second kappa shape index (κ2) is 8.39. The van der Waals surface area contributed by atoms with Crippen molar-refractivity contribution in [1.82, 2.24) is 19.7 Å². The molecule has 0 aliphatic carbocycles. The number of ether oxygens (including phenoxy) is 1. The number of pyridine rings is 1. The van der Waals surface area contributed by atoms with Gasteiger partial charge in [-0.1, -0.05) is 12.1 Å². The van der Waals surface area contributed by atoms with E-state index in [0.717, 1.165) is 27.6 Å². The molecule has 3 N–H and O–H groups in total. The number of carbonyl (C=O) groups is 1. The number of aromatic nitrogens is 4. The van der Waals surface area contributed by atoms with Crippen LogP contribution in [0.15, 0.2) is 54.9 Å². The number of nitrogens with zero attached hydrogens (tertiary/aromatic N) is 3. The van der Waals surface area contributed by atoms with E-state index in [1.165, 1.54) is 23.1 Å². The van der Waals surface area contributed by atoms with Crippen molar-refractivity contribution in [2.24, 2.45) is 0 Å². The minimum absolute atomic E-state index is 0.127. The van der Waals surface area contributed by atoms with Gasteiger partial charge in [-0.05, 0) is 74.2 Å². The van der Waals surface area contributed by atoms with Crippen LogP contribution in [-0.2, 0) is 0 Å². The maximum atomic E-state index is 14.1. The third-order valence-electron chi connectivity index (χ3n) is 6.19. The Labute approximate surface area is 201 Å². The summed E-state index contributed by atoms with van der Waals surface area (Å²) in [5.41, 5.74) is 12.3. The fraction of sp³-hybridized carbons (Fsp3) is 0.148. The molecule has 8 heteroatoms. The number of aromatic amines is 1. The maximum Gasteiger partial charge on any atom is 0.219 e. The van der Waals surface area contributed by atoms with E-state index < -0.39 is 5.82 Å². The number of nitrogens with one attached hydrogen (secondary N) is 1. The highest BCUT2D eigenvalue weighted by atomic mass is 19.1. The zero-order valence-electron chi connectivity index (χ0n) is 19.8. The van der Waals surface area contributed by atoms with Crippen LogP contribution in [0.5, 0.6) is 11.6 Å². The van der Waals surface area contributed by atoms with Crippen LogP contribution in [0.25, 0.3) is 16.6 Å². The quantitative estimate of drug-likeness (QED) is 0.321. The SMILES string of the molecule is Cc1cc2cc(C(=O)c3cnn(-c4cnc(Oc5c(C)cccc5F)cc4C)c3N)[nH]c2cc1C. The minimum atomic E-state index is -0.463. The average molecular weight is 470 g/mol. The third-order valence-corrected chi connectivity index (χ3v) is 6.19. The molecule has 0 bridgehead atoms. The first kappa shape index (κ1) is 22.3. The number of halogens is 1. The number of para-hydroxylation sites is 1. The van der Waals surface area contributed by atoms with Crippen molar-refractivity contribution in [3.8, 4) is 17.3 Å². The second-order valence-electron chi connectivity index (χ2n) is 8.69. The fourth-order valence-electron chi connectivity index (χ4n) is 4.05. The molecule has 0 spiro atoms. The van der Waals surface area contributed by atoms with Crippen LogP contribution in [0.2, 0.25) is 0 Å². The Hall–Kier alpha value is -4.46. The minimum Gasteiger partial charge on any atom is -0.436 e. The largest absolute Gasteiger partial charge is 0.436 e. The number of fused-ring (bicyclic) bond motifs is 1. The summed E-state index contributed by atoms with van der Waals surface area (Å²) >= 11 is 0. The van der Waals surface area contributed by atoms with Gasteiger partial charge in [0.05, 0.1) is 29.3 Å². The zero-order chi connectivity index (χ0) is 24.9. The predicted octanol–water partition coefficient (Wildman–Crippen LogP) is 5.73. The highest BCUT2D eigenvalue weighted by Crippen LogP contribution is 2.29. The number of aryl methyl sites for hydroxylation is 4. The van der Waals surface area contributed by atoms with E-state index in [1.807, 2.05) is 39.0 Å². The van der Waals surface area contributed by atoms with E-state index in [-0.39, 0.29) is 28.8 Å². The van der Waals surface area contributed by atoms with Crippen molar-refractivity contribution in [2.75, 3.05) is 5.73 Å². The Morgan fingerprint density at radius 2 is 1.77 bits per heavy atom. The van der Waals surface area contributed by atoms with Crippen LogP contribution in [-0.4, -0.2) is 25.5 Å². The van der Waals surface area contributed by atoms with Crippen molar-refractivity contribution in [3.05, 3.63) is 94.2 Å². The monoisotopic (exact) mass is 469 g/mol. The molecule has 5 aromatic rings. The van der Waals surface area contributed by atoms with Crippen LogP contribution < -0.4 is 10.5 Å². The van der Waals surface area contributed by atoms with Crippen LogP contribution >= 0.6 is 0 Å². The molecule has 0 unspecified atom stereocenters. The van der Waals surface area contributed by atoms with Gasteiger partial charge in [-0.2, -0.15) is 5.10 Å². The molecule has 0 aliphatic heterocycles. The molecule has 0 radical (unpaired) electrons. The fourth-order valence-corrected chi connectivity index (χ4v) is 4.05. The van der Waals surface area contributed by atoms with Gasteiger partial charge in [0.25, 0.3) is 0 Å². The lowest BCUT2D eigenvalue weighted by atomic mass is 10.1. The molecular weight excluding hydrogens is 445 g/mol. The van der Waals surface area contributed by atoms with Crippen LogP contribution in [0.1, 0.15) is 38.3 Å². The van der Waals surface area contributed by atoms with Crippen molar-refractivity contribution >= 4 is 22.5 Å². The number of benzene rings is 2. The molecule has 0 saturated heterocycles. The molecule has 5 rings (SSSR count). The van der Waals surface area contributed by atoms with E-state index in [2.05, 4.69) is 15.1 Å². The van der Waals surface area contributed by atoms with Crippen molar-refractivity contribution in [3.63, 3.8) is 0 Å². The molecule has 0 fully saturated rings. The Morgan fingerprint density at radius 3 is 2.51 bits per heavy atom. The van der Waals surface area contributed by atoms with Crippen LogP contribution in [0.3, 0.4) is 0 Å². The molecule has 3 heterocycles. The number of rotatable bonds is 5. The van der Waals surface area contributed by atoms with E-state index >= 15 is 0 Å². The first-order valence-electron chi connectivity index (χ1n) is 11.1. The van der Waals surface area contributed by atoms with Crippen molar-refractivity contribution in [1.29, 1.82) is 0 Å². The number of anilines is 1. The number of nitrogen functional groups attached to an aromatic ring is 1. The highest BCUT2D eigenvalue weighted by Gasteiger charge is 2.21. The van der Waals surface area contributed by atoms with E-state index in [0.29, 0.717) is 16.9 Å². The van der Waals surface area contributed by atoms with E-state index in [4.69, 9.17) is 10.5 Å². The lowest BCUT2D eigenvalue weighted by Crippen LogP contribution is -2.09. The van der Waals surface area contributed by atoms with Gasteiger partial charge in [-0.3, -0.25) is 4.79 Å². The zero-order valence-corrected chi connectivity index (χ0v) is 19.8. The topological polar surface area (TPSA) is 98.8 Å². The molecule has 176 valence electrons. The average Bonchev–Trinajstić information content (AvgIpc) is 3.39. The second-order valence-corrected chi connectivity index (χ2v) is 8.69. The Bertz CT molecular complexity index is 1560. The van der Waals surface area contributed by atoms with Gasteiger partial charge in [-0.15, -0.1) is 0 Å². The molecule has 0 aliphatic rings. The summed E-state index contributed by atoms with van der Waals surface area (Å²) in [4.78, 5) is 20.7. The van der Waals surface area contributed by atoms with Crippen LogP contribution in [0.4, 0.5) is 10.2 Å². The van der Waals surface area contributed by atoms with E-state index in [1.54, 1.807) is 25.1 Å². The number of hydrogen-bond donors (Lipinski definition) is 2. The lowest BCUT2D eigenvalue weighted by Gasteiger charge is -2.12. The van der Waals surface area contributed by atoms with Gasteiger partial charge in [0, 0.05) is 17.0 Å². The summed E-state index contributed by atoms with van der Waals surface area (Å²) in [6.07, 6.45) is 2.99. The Morgan fingerprint density at radius 1 is 1.00 bits per heavy atom. The van der Waals surface area contributed by atoms with Gasteiger partial charge in [0.2, 0.25) is 11.7 Å². The molecule has 7 nitrogen and oxygen atoms in total. The lowest BCUT2D eigenvalue weighted by molar-refractivity contribution is 0.103. The summed E-state index contributed by atoms with van der Waals surface area (Å²) < 4.78 is 21.3. The molecule has 0 saturated carbocycles. The number of hydrogen-bond acceptors (Lipinski definition) is 5. The highest BCUT2D eigenvalue weighted by molar-refractivity contribution is 6.12. The van der Waals surface area contributed by atoms with Crippen molar-refractivity contribution in [2.45, 2.75) is 27.7 Å².